The average molecular weight is 291 g/mol. The quantitative estimate of drug-likeness (QED) is 0.707. The Hall–Kier alpha value is -3.03. The molecular formula is C13H7F2N3O3. The molecule has 1 aromatic carbocycles. The topological polar surface area (TPSA) is 88.0 Å². The molecule has 0 saturated carbocycles. The lowest BCUT2D eigenvalue weighted by Gasteiger charge is -2.06. The third-order valence-electron chi connectivity index (χ3n) is 2.77. The minimum absolute atomic E-state index is 0.293. The standard InChI is InChI=1S/C13H7F2N3O3/c14-10-7(3-4-16-11(10)15)12(19)17-6-1-2-9-8(5-6)18-13(20)21-9/h1-5H,(H,17,19)(H,18,20). The highest BCUT2D eigenvalue weighted by atomic mass is 19.2. The first-order valence-electron chi connectivity index (χ1n) is 5.79. The second-order valence-electron chi connectivity index (χ2n) is 4.14. The highest BCUT2D eigenvalue weighted by Crippen LogP contribution is 2.18. The number of rotatable bonds is 2. The number of aromatic amines is 1. The number of H-pyrrole nitrogens is 1. The number of nitrogens with zero attached hydrogens (tertiary/aromatic N) is 1. The number of carbonyl (C=O) groups is 1. The Morgan fingerprint density at radius 2 is 2.10 bits per heavy atom. The van der Waals surface area contributed by atoms with Crippen molar-refractivity contribution >= 4 is 22.7 Å². The Bertz CT molecular complexity index is 901. The summed E-state index contributed by atoms with van der Waals surface area (Å²) in [5, 5.41) is 2.39. The summed E-state index contributed by atoms with van der Waals surface area (Å²) in [6, 6.07) is 5.43. The summed E-state index contributed by atoms with van der Waals surface area (Å²) in [5.74, 6) is -4.14. The summed E-state index contributed by atoms with van der Waals surface area (Å²) >= 11 is 0. The number of benzene rings is 1. The van der Waals surface area contributed by atoms with Crippen molar-refractivity contribution in [2.75, 3.05) is 5.32 Å². The molecule has 2 heterocycles. The van der Waals surface area contributed by atoms with E-state index in [-0.39, 0.29) is 0 Å². The van der Waals surface area contributed by atoms with Crippen LogP contribution in [0.15, 0.2) is 39.7 Å². The van der Waals surface area contributed by atoms with Gasteiger partial charge in [0.1, 0.15) is 0 Å². The summed E-state index contributed by atoms with van der Waals surface area (Å²) in [6.45, 7) is 0. The van der Waals surface area contributed by atoms with Gasteiger partial charge in [-0.05, 0) is 24.3 Å². The lowest BCUT2D eigenvalue weighted by molar-refractivity contribution is 0.102. The van der Waals surface area contributed by atoms with Crippen molar-refractivity contribution in [3.63, 3.8) is 0 Å². The second-order valence-corrected chi connectivity index (χ2v) is 4.14. The monoisotopic (exact) mass is 291 g/mol. The van der Waals surface area contributed by atoms with Crippen LogP contribution in [0.3, 0.4) is 0 Å². The average Bonchev–Trinajstić information content (AvgIpc) is 2.81. The van der Waals surface area contributed by atoms with E-state index in [9.17, 15) is 18.4 Å². The molecule has 6 nitrogen and oxygen atoms in total. The minimum Gasteiger partial charge on any atom is -0.408 e. The molecule has 3 aromatic rings. The van der Waals surface area contributed by atoms with Crippen LogP contribution in [0.25, 0.3) is 11.1 Å². The molecular weight excluding hydrogens is 284 g/mol. The number of hydrogen-bond acceptors (Lipinski definition) is 4. The molecule has 2 N–H and O–H groups in total. The maximum absolute atomic E-state index is 13.5. The highest BCUT2D eigenvalue weighted by molar-refractivity contribution is 6.05. The summed E-state index contributed by atoms with van der Waals surface area (Å²) in [4.78, 5) is 28.4. The fourth-order valence-electron chi connectivity index (χ4n) is 1.82. The van der Waals surface area contributed by atoms with Crippen LogP contribution in [0.5, 0.6) is 0 Å². The van der Waals surface area contributed by atoms with Gasteiger partial charge in [-0.25, -0.2) is 14.2 Å². The molecule has 0 unspecified atom stereocenters. The molecule has 0 bridgehead atoms. The van der Waals surface area contributed by atoms with E-state index in [1.807, 2.05) is 0 Å². The van der Waals surface area contributed by atoms with Crippen LogP contribution in [0.2, 0.25) is 0 Å². The maximum atomic E-state index is 13.5. The van der Waals surface area contributed by atoms with Crippen molar-refractivity contribution in [1.82, 2.24) is 9.97 Å². The molecule has 0 atom stereocenters. The first kappa shape index (κ1) is 13.0. The number of halogens is 2. The number of fused-ring (bicyclic) bond motifs is 1. The Kier molecular flexibility index (Phi) is 2.98. The molecule has 1 amide bonds. The van der Waals surface area contributed by atoms with Gasteiger partial charge < -0.3 is 9.73 Å². The predicted octanol–water partition coefficient (Wildman–Crippen LogP) is 2.05. The number of amides is 1. The molecule has 0 radical (unpaired) electrons. The van der Waals surface area contributed by atoms with E-state index in [2.05, 4.69) is 15.3 Å². The van der Waals surface area contributed by atoms with Crippen molar-refractivity contribution in [1.29, 1.82) is 0 Å². The molecule has 8 heteroatoms. The number of hydrogen-bond donors (Lipinski definition) is 2. The van der Waals surface area contributed by atoms with Gasteiger partial charge in [0.05, 0.1) is 11.1 Å². The van der Waals surface area contributed by atoms with E-state index in [1.165, 1.54) is 18.2 Å². The van der Waals surface area contributed by atoms with E-state index >= 15 is 0 Å². The van der Waals surface area contributed by atoms with Gasteiger partial charge in [-0.3, -0.25) is 9.78 Å². The summed E-state index contributed by atoms with van der Waals surface area (Å²) in [6.07, 6.45) is 0.990. The fourth-order valence-corrected chi connectivity index (χ4v) is 1.82. The van der Waals surface area contributed by atoms with Crippen molar-refractivity contribution in [3.05, 3.63) is 58.3 Å². The van der Waals surface area contributed by atoms with Gasteiger partial charge in [-0.15, -0.1) is 0 Å². The zero-order valence-electron chi connectivity index (χ0n) is 10.3. The van der Waals surface area contributed by atoms with Crippen LogP contribution in [0.4, 0.5) is 14.5 Å². The van der Waals surface area contributed by atoms with Crippen LogP contribution in [-0.2, 0) is 0 Å². The third kappa shape index (κ3) is 2.38. The smallest absolute Gasteiger partial charge is 0.408 e. The van der Waals surface area contributed by atoms with E-state index in [0.717, 1.165) is 12.3 Å². The molecule has 0 aliphatic heterocycles. The predicted molar refractivity (Wildman–Crippen MR) is 68.9 cm³/mol. The van der Waals surface area contributed by atoms with Crippen LogP contribution < -0.4 is 11.1 Å². The maximum Gasteiger partial charge on any atom is 0.417 e. The number of aromatic nitrogens is 2. The molecule has 106 valence electrons. The molecule has 0 aliphatic carbocycles. The molecule has 2 aromatic heterocycles. The van der Waals surface area contributed by atoms with Crippen molar-refractivity contribution in [2.24, 2.45) is 0 Å². The van der Waals surface area contributed by atoms with Crippen LogP contribution in [-0.4, -0.2) is 15.9 Å². The van der Waals surface area contributed by atoms with Gasteiger partial charge in [0.2, 0.25) is 5.95 Å². The van der Waals surface area contributed by atoms with Gasteiger partial charge >= 0.3 is 5.76 Å². The fraction of sp³-hybridized carbons (Fsp3) is 0. The molecule has 3 rings (SSSR count). The first-order valence-corrected chi connectivity index (χ1v) is 5.79. The van der Waals surface area contributed by atoms with Gasteiger partial charge in [0, 0.05) is 11.9 Å². The lowest BCUT2D eigenvalue weighted by Crippen LogP contribution is -2.15. The normalized spacial score (nSPS) is 10.8. The van der Waals surface area contributed by atoms with Gasteiger partial charge in [-0.2, -0.15) is 4.39 Å². The Morgan fingerprint density at radius 3 is 2.90 bits per heavy atom. The third-order valence-corrected chi connectivity index (χ3v) is 2.77. The molecule has 0 spiro atoms. The molecule has 0 saturated heterocycles. The number of carbonyl (C=O) groups excluding carboxylic acids is 1. The number of oxazole rings is 1. The van der Waals surface area contributed by atoms with E-state index in [4.69, 9.17) is 4.42 Å². The summed E-state index contributed by atoms with van der Waals surface area (Å²) in [5.41, 5.74) is 0.516. The Morgan fingerprint density at radius 1 is 1.29 bits per heavy atom. The largest absolute Gasteiger partial charge is 0.417 e. The van der Waals surface area contributed by atoms with E-state index in [1.54, 1.807) is 0 Å². The van der Waals surface area contributed by atoms with Crippen LogP contribution >= 0.6 is 0 Å². The summed E-state index contributed by atoms with van der Waals surface area (Å²) in [7, 11) is 0. The lowest BCUT2D eigenvalue weighted by atomic mass is 10.2. The second kappa shape index (κ2) is 4.82. The van der Waals surface area contributed by atoms with E-state index in [0.29, 0.717) is 16.8 Å². The Balaban J connectivity index is 1.92. The minimum atomic E-state index is -1.35. The van der Waals surface area contributed by atoms with Gasteiger partial charge in [-0.1, -0.05) is 0 Å². The van der Waals surface area contributed by atoms with E-state index < -0.39 is 29.0 Å². The van der Waals surface area contributed by atoms with Crippen molar-refractivity contribution in [3.8, 4) is 0 Å². The molecule has 0 fully saturated rings. The van der Waals surface area contributed by atoms with Gasteiger partial charge in [0.25, 0.3) is 5.91 Å². The SMILES string of the molecule is O=C(Nc1ccc2oc(=O)[nH]c2c1)c1ccnc(F)c1F. The first-order chi connectivity index (χ1) is 10.0. The van der Waals surface area contributed by atoms with Crippen LogP contribution in [0, 0.1) is 11.8 Å². The van der Waals surface area contributed by atoms with Crippen LogP contribution in [0.1, 0.15) is 10.4 Å². The summed E-state index contributed by atoms with van der Waals surface area (Å²) < 4.78 is 31.2. The van der Waals surface area contributed by atoms with Gasteiger partial charge in [0.15, 0.2) is 11.4 Å². The molecule has 0 aliphatic rings. The van der Waals surface area contributed by atoms with Crippen molar-refractivity contribution in [2.45, 2.75) is 0 Å². The number of anilines is 1. The zero-order valence-corrected chi connectivity index (χ0v) is 10.3. The number of nitrogens with one attached hydrogen (secondary N) is 2. The highest BCUT2D eigenvalue weighted by Gasteiger charge is 2.16. The number of pyridine rings is 1. The Labute approximate surface area is 115 Å². The molecule has 21 heavy (non-hydrogen) atoms. The van der Waals surface area contributed by atoms with Crippen molar-refractivity contribution < 1.29 is 18.0 Å². The zero-order chi connectivity index (χ0) is 15.0.